The minimum Gasteiger partial charge on any atom is -0.390 e. The number of aliphatic hydroxyl groups is 2. The SMILES string of the molecule is Nc1nc2c(ncn2C2CCC(O)C(O)C2)c(=O)[nH]1. The third-order valence-corrected chi connectivity index (χ3v) is 3.60. The molecule has 102 valence electrons. The Morgan fingerprint density at radius 3 is 2.89 bits per heavy atom. The van der Waals surface area contributed by atoms with Crippen LogP contribution < -0.4 is 11.3 Å². The topological polar surface area (TPSA) is 130 Å². The molecule has 0 aliphatic heterocycles. The average molecular weight is 265 g/mol. The van der Waals surface area contributed by atoms with Gasteiger partial charge in [0.2, 0.25) is 5.95 Å². The normalized spacial score (nSPS) is 27.8. The number of hydrogen-bond donors (Lipinski definition) is 4. The summed E-state index contributed by atoms with van der Waals surface area (Å²) < 4.78 is 1.75. The van der Waals surface area contributed by atoms with Crippen LogP contribution in [0.15, 0.2) is 11.1 Å². The first-order chi connectivity index (χ1) is 9.06. The lowest BCUT2D eigenvalue weighted by Gasteiger charge is -2.30. The van der Waals surface area contributed by atoms with E-state index in [0.717, 1.165) is 0 Å². The molecule has 2 aromatic rings. The van der Waals surface area contributed by atoms with Crippen molar-refractivity contribution < 1.29 is 10.2 Å². The van der Waals surface area contributed by atoms with Gasteiger partial charge in [-0.25, -0.2) is 4.98 Å². The third-order valence-electron chi connectivity index (χ3n) is 3.60. The van der Waals surface area contributed by atoms with Crippen molar-refractivity contribution in [1.82, 2.24) is 19.5 Å². The van der Waals surface area contributed by atoms with Gasteiger partial charge in [-0.1, -0.05) is 0 Å². The number of nitrogen functional groups attached to an aromatic ring is 1. The van der Waals surface area contributed by atoms with Gasteiger partial charge in [-0.15, -0.1) is 0 Å². The molecule has 3 rings (SSSR count). The van der Waals surface area contributed by atoms with Crippen molar-refractivity contribution in [1.29, 1.82) is 0 Å². The molecule has 5 N–H and O–H groups in total. The lowest BCUT2D eigenvalue weighted by Crippen LogP contribution is -2.34. The molecule has 1 fully saturated rings. The molecular formula is C11H15N5O3. The van der Waals surface area contributed by atoms with Gasteiger partial charge in [-0.3, -0.25) is 9.78 Å². The molecule has 1 saturated carbocycles. The highest BCUT2D eigenvalue weighted by atomic mass is 16.3. The Morgan fingerprint density at radius 1 is 1.37 bits per heavy atom. The maximum atomic E-state index is 11.7. The van der Waals surface area contributed by atoms with Crippen LogP contribution in [0.25, 0.3) is 11.2 Å². The summed E-state index contributed by atoms with van der Waals surface area (Å²) >= 11 is 0. The molecule has 1 aliphatic rings. The van der Waals surface area contributed by atoms with Crippen LogP contribution in [0.5, 0.6) is 0 Å². The van der Waals surface area contributed by atoms with Gasteiger partial charge in [0.25, 0.3) is 5.56 Å². The summed E-state index contributed by atoms with van der Waals surface area (Å²) in [4.78, 5) is 22.2. The van der Waals surface area contributed by atoms with Crippen LogP contribution in [0.3, 0.4) is 0 Å². The molecule has 1 aliphatic carbocycles. The molecule has 0 amide bonds. The van der Waals surface area contributed by atoms with Crippen molar-refractivity contribution in [3.05, 3.63) is 16.7 Å². The zero-order valence-electron chi connectivity index (χ0n) is 10.2. The number of H-pyrrole nitrogens is 1. The second kappa shape index (κ2) is 4.32. The fourth-order valence-electron chi connectivity index (χ4n) is 2.57. The van der Waals surface area contributed by atoms with Crippen molar-refractivity contribution in [3.63, 3.8) is 0 Å². The van der Waals surface area contributed by atoms with Gasteiger partial charge in [0.1, 0.15) is 0 Å². The molecule has 0 bridgehead atoms. The largest absolute Gasteiger partial charge is 0.390 e. The van der Waals surface area contributed by atoms with Crippen LogP contribution in [0, 0.1) is 0 Å². The van der Waals surface area contributed by atoms with E-state index in [-0.39, 0.29) is 23.1 Å². The van der Waals surface area contributed by atoms with Crippen LogP contribution in [-0.4, -0.2) is 41.9 Å². The summed E-state index contributed by atoms with van der Waals surface area (Å²) in [5.41, 5.74) is 5.80. The smallest absolute Gasteiger partial charge is 0.280 e. The zero-order chi connectivity index (χ0) is 13.6. The Hall–Kier alpha value is -1.93. The number of anilines is 1. The minimum atomic E-state index is -0.768. The maximum absolute atomic E-state index is 11.7. The minimum absolute atomic E-state index is 0.0376. The summed E-state index contributed by atoms with van der Waals surface area (Å²) in [6, 6.07) is -0.0444. The van der Waals surface area contributed by atoms with Crippen molar-refractivity contribution in [2.24, 2.45) is 0 Å². The molecule has 0 aromatic carbocycles. The molecule has 0 spiro atoms. The molecule has 0 saturated heterocycles. The number of nitrogens with two attached hydrogens (primary N) is 1. The predicted molar refractivity (Wildman–Crippen MR) is 67.5 cm³/mol. The van der Waals surface area contributed by atoms with E-state index in [0.29, 0.717) is 24.9 Å². The summed E-state index contributed by atoms with van der Waals surface area (Å²) in [6.07, 6.45) is 1.67. The van der Waals surface area contributed by atoms with Gasteiger partial charge in [0.05, 0.1) is 18.5 Å². The Balaban J connectivity index is 2.04. The Labute approximate surface area is 107 Å². The Kier molecular flexibility index (Phi) is 2.76. The highest BCUT2D eigenvalue weighted by molar-refractivity contribution is 5.70. The number of aromatic nitrogens is 4. The number of hydrogen-bond acceptors (Lipinski definition) is 6. The number of imidazole rings is 1. The van der Waals surface area contributed by atoms with Gasteiger partial charge >= 0.3 is 0 Å². The first kappa shape index (κ1) is 12.1. The lowest BCUT2D eigenvalue weighted by molar-refractivity contribution is -0.0226. The quantitative estimate of drug-likeness (QED) is 0.531. The van der Waals surface area contributed by atoms with Crippen molar-refractivity contribution in [3.8, 4) is 0 Å². The second-order valence-electron chi connectivity index (χ2n) is 4.88. The molecule has 3 atom stereocenters. The monoisotopic (exact) mass is 265 g/mol. The first-order valence-electron chi connectivity index (χ1n) is 6.14. The van der Waals surface area contributed by atoms with Crippen LogP contribution in [0.1, 0.15) is 25.3 Å². The van der Waals surface area contributed by atoms with E-state index in [9.17, 15) is 15.0 Å². The lowest BCUT2D eigenvalue weighted by atomic mass is 9.90. The molecule has 2 heterocycles. The number of aliphatic hydroxyl groups excluding tert-OH is 2. The summed E-state index contributed by atoms with van der Waals surface area (Å²) in [5.74, 6) is 0.0376. The highest BCUT2D eigenvalue weighted by Crippen LogP contribution is 2.30. The fourth-order valence-corrected chi connectivity index (χ4v) is 2.57. The maximum Gasteiger partial charge on any atom is 0.280 e. The van der Waals surface area contributed by atoms with Gasteiger partial charge in [-0.2, -0.15) is 4.98 Å². The van der Waals surface area contributed by atoms with Crippen LogP contribution in [0.4, 0.5) is 5.95 Å². The summed E-state index contributed by atoms with van der Waals surface area (Å²) in [6.45, 7) is 0. The van der Waals surface area contributed by atoms with E-state index >= 15 is 0 Å². The van der Waals surface area contributed by atoms with Crippen LogP contribution in [0.2, 0.25) is 0 Å². The van der Waals surface area contributed by atoms with E-state index in [1.807, 2.05) is 0 Å². The standard InChI is InChI=1S/C11H15N5O3/c12-11-14-9-8(10(19)15-11)13-4-16(9)5-1-2-6(17)7(18)3-5/h4-7,17-18H,1-3H2,(H3,12,14,15,19). The molecule has 8 nitrogen and oxygen atoms in total. The van der Waals surface area contributed by atoms with Crippen LogP contribution in [-0.2, 0) is 0 Å². The van der Waals surface area contributed by atoms with Gasteiger partial charge in [0, 0.05) is 6.04 Å². The Morgan fingerprint density at radius 2 is 2.16 bits per heavy atom. The van der Waals surface area contributed by atoms with E-state index in [1.165, 1.54) is 6.33 Å². The van der Waals surface area contributed by atoms with E-state index in [2.05, 4.69) is 15.0 Å². The van der Waals surface area contributed by atoms with Crippen molar-refractivity contribution in [2.45, 2.75) is 37.5 Å². The molecule has 0 radical (unpaired) electrons. The van der Waals surface area contributed by atoms with Crippen molar-refractivity contribution in [2.75, 3.05) is 5.73 Å². The summed E-state index contributed by atoms with van der Waals surface area (Å²) in [7, 11) is 0. The molecule has 19 heavy (non-hydrogen) atoms. The number of fused-ring (bicyclic) bond motifs is 1. The molecule has 8 heteroatoms. The zero-order valence-corrected chi connectivity index (χ0v) is 10.2. The van der Waals surface area contributed by atoms with E-state index < -0.39 is 12.2 Å². The highest BCUT2D eigenvalue weighted by Gasteiger charge is 2.29. The van der Waals surface area contributed by atoms with Gasteiger partial charge in [0.15, 0.2) is 11.2 Å². The first-order valence-corrected chi connectivity index (χ1v) is 6.14. The average Bonchev–Trinajstić information content (AvgIpc) is 2.76. The number of rotatable bonds is 1. The molecule has 2 aromatic heterocycles. The Bertz CT molecular complexity index is 664. The van der Waals surface area contributed by atoms with E-state index in [4.69, 9.17) is 5.73 Å². The van der Waals surface area contributed by atoms with Gasteiger partial charge < -0.3 is 20.5 Å². The molecular weight excluding hydrogens is 250 g/mol. The molecule has 3 unspecified atom stereocenters. The number of nitrogens with zero attached hydrogens (tertiary/aromatic N) is 3. The second-order valence-corrected chi connectivity index (χ2v) is 4.88. The van der Waals surface area contributed by atoms with Crippen LogP contribution >= 0.6 is 0 Å². The third kappa shape index (κ3) is 1.98. The van der Waals surface area contributed by atoms with E-state index in [1.54, 1.807) is 4.57 Å². The fraction of sp³-hybridized carbons (Fsp3) is 0.545. The summed E-state index contributed by atoms with van der Waals surface area (Å²) in [5, 5.41) is 19.3. The van der Waals surface area contributed by atoms with Gasteiger partial charge in [-0.05, 0) is 19.3 Å². The number of nitrogens with one attached hydrogen (secondary N) is 1. The van der Waals surface area contributed by atoms with Crippen molar-refractivity contribution >= 4 is 17.1 Å². The number of aromatic amines is 1. The predicted octanol–water partition coefficient (Wildman–Crippen LogP) is -0.851.